The van der Waals surface area contributed by atoms with Gasteiger partial charge in [0.05, 0.1) is 0 Å². The summed E-state index contributed by atoms with van der Waals surface area (Å²) in [6.07, 6.45) is 2.05. The molecular formula is C11H22N2. The van der Waals surface area contributed by atoms with Crippen molar-refractivity contribution >= 4 is 0 Å². The van der Waals surface area contributed by atoms with Crippen LogP contribution in [0.25, 0.3) is 0 Å². The van der Waals surface area contributed by atoms with E-state index in [2.05, 4.69) is 43.2 Å². The molecule has 0 aromatic heterocycles. The molecule has 0 atom stereocenters. The molecule has 1 heterocycles. The Hall–Kier alpha value is -0.340. The summed E-state index contributed by atoms with van der Waals surface area (Å²) in [5.41, 5.74) is 0.166. The van der Waals surface area contributed by atoms with Gasteiger partial charge in [0.1, 0.15) is 0 Å². The molecule has 0 radical (unpaired) electrons. The van der Waals surface area contributed by atoms with E-state index in [4.69, 9.17) is 0 Å². The van der Waals surface area contributed by atoms with Gasteiger partial charge in [0, 0.05) is 31.7 Å². The van der Waals surface area contributed by atoms with E-state index < -0.39 is 0 Å². The molecule has 1 fully saturated rings. The van der Waals surface area contributed by atoms with Crippen LogP contribution in [0.15, 0.2) is 12.7 Å². The highest BCUT2D eigenvalue weighted by molar-refractivity contribution is 4.98. The lowest BCUT2D eigenvalue weighted by Crippen LogP contribution is -2.53. The Bertz CT molecular complexity index is 167. The van der Waals surface area contributed by atoms with Gasteiger partial charge in [0.25, 0.3) is 0 Å². The molecule has 0 aromatic rings. The molecule has 0 spiro atoms. The minimum absolute atomic E-state index is 0.166. The third-order valence-corrected chi connectivity index (χ3v) is 3.13. The van der Waals surface area contributed by atoms with Crippen LogP contribution < -0.4 is 0 Å². The molecule has 0 aromatic carbocycles. The minimum Gasteiger partial charge on any atom is -0.301 e. The topological polar surface area (TPSA) is 6.48 Å². The quantitative estimate of drug-likeness (QED) is 0.612. The Morgan fingerprint density at radius 2 is 1.77 bits per heavy atom. The highest BCUT2D eigenvalue weighted by atomic mass is 15.3. The first-order chi connectivity index (χ1) is 6.10. The van der Waals surface area contributed by atoms with Crippen LogP contribution in [-0.4, -0.2) is 48.1 Å². The van der Waals surface area contributed by atoms with Crippen LogP contribution in [0.1, 0.15) is 20.8 Å². The normalized spacial score (nSPS) is 21.8. The maximum atomic E-state index is 3.89. The van der Waals surface area contributed by atoms with Gasteiger partial charge in [-0.2, -0.15) is 0 Å². The number of hydrogen-bond acceptors (Lipinski definition) is 2. The van der Waals surface area contributed by atoms with E-state index in [1.165, 1.54) is 32.7 Å². The van der Waals surface area contributed by atoms with Crippen molar-refractivity contribution in [1.29, 1.82) is 0 Å². The second kappa shape index (κ2) is 4.25. The highest BCUT2D eigenvalue weighted by Crippen LogP contribution is 2.17. The molecule has 2 nitrogen and oxygen atoms in total. The second-order valence-corrected chi connectivity index (χ2v) is 4.28. The second-order valence-electron chi connectivity index (χ2n) is 4.28. The SMILES string of the molecule is C=CC(C)(C)N1CCN(CC)CC1. The summed E-state index contributed by atoms with van der Waals surface area (Å²) in [6, 6.07) is 0. The van der Waals surface area contributed by atoms with Gasteiger partial charge < -0.3 is 4.90 Å². The zero-order valence-corrected chi connectivity index (χ0v) is 9.21. The van der Waals surface area contributed by atoms with Crippen molar-refractivity contribution in [2.24, 2.45) is 0 Å². The highest BCUT2D eigenvalue weighted by Gasteiger charge is 2.26. The van der Waals surface area contributed by atoms with Crippen LogP contribution in [0.3, 0.4) is 0 Å². The van der Waals surface area contributed by atoms with Crippen molar-refractivity contribution in [3.05, 3.63) is 12.7 Å². The Labute approximate surface area is 82.2 Å². The minimum atomic E-state index is 0.166. The van der Waals surface area contributed by atoms with Crippen molar-refractivity contribution in [3.63, 3.8) is 0 Å². The summed E-state index contributed by atoms with van der Waals surface area (Å²) >= 11 is 0. The van der Waals surface area contributed by atoms with Crippen LogP contribution in [0.2, 0.25) is 0 Å². The number of rotatable bonds is 3. The van der Waals surface area contributed by atoms with Gasteiger partial charge in [-0.15, -0.1) is 6.58 Å². The van der Waals surface area contributed by atoms with Gasteiger partial charge in [-0.3, -0.25) is 4.90 Å². The standard InChI is InChI=1S/C11H22N2/c1-5-11(3,4)13-9-7-12(6-2)8-10-13/h5H,1,6-10H2,2-4H3. The third kappa shape index (κ3) is 2.55. The van der Waals surface area contributed by atoms with E-state index in [0.29, 0.717) is 0 Å². The fraction of sp³-hybridized carbons (Fsp3) is 0.818. The molecule has 1 rings (SSSR count). The van der Waals surface area contributed by atoms with E-state index in [9.17, 15) is 0 Å². The average molecular weight is 182 g/mol. The summed E-state index contributed by atoms with van der Waals surface area (Å²) in [5, 5.41) is 0. The predicted molar refractivity (Wildman–Crippen MR) is 58.0 cm³/mol. The van der Waals surface area contributed by atoms with Gasteiger partial charge in [0.2, 0.25) is 0 Å². The third-order valence-electron chi connectivity index (χ3n) is 3.13. The maximum absolute atomic E-state index is 3.89. The number of likely N-dealkylation sites (N-methyl/N-ethyl adjacent to an activating group) is 1. The number of nitrogens with zero attached hydrogens (tertiary/aromatic N) is 2. The summed E-state index contributed by atoms with van der Waals surface area (Å²) in [7, 11) is 0. The van der Waals surface area contributed by atoms with E-state index >= 15 is 0 Å². The summed E-state index contributed by atoms with van der Waals surface area (Å²) in [6.45, 7) is 16.5. The van der Waals surface area contributed by atoms with Gasteiger partial charge in [0.15, 0.2) is 0 Å². The molecule has 0 N–H and O–H groups in total. The van der Waals surface area contributed by atoms with Crippen molar-refractivity contribution < 1.29 is 0 Å². The van der Waals surface area contributed by atoms with E-state index in [1.54, 1.807) is 0 Å². The molecule has 1 aliphatic heterocycles. The van der Waals surface area contributed by atoms with Crippen molar-refractivity contribution in [2.75, 3.05) is 32.7 Å². The molecule has 0 aliphatic carbocycles. The molecule has 13 heavy (non-hydrogen) atoms. The van der Waals surface area contributed by atoms with Crippen molar-refractivity contribution in [3.8, 4) is 0 Å². The molecule has 1 aliphatic rings. The van der Waals surface area contributed by atoms with Gasteiger partial charge >= 0.3 is 0 Å². The van der Waals surface area contributed by atoms with Gasteiger partial charge in [-0.25, -0.2) is 0 Å². The summed E-state index contributed by atoms with van der Waals surface area (Å²) in [4.78, 5) is 5.00. The lowest BCUT2D eigenvalue weighted by Gasteiger charge is -2.42. The van der Waals surface area contributed by atoms with E-state index in [1.807, 2.05) is 0 Å². The van der Waals surface area contributed by atoms with Crippen LogP contribution in [0.5, 0.6) is 0 Å². The smallest absolute Gasteiger partial charge is 0.0333 e. The molecular weight excluding hydrogens is 160 g/mol. The zero-order valence-electron chi connectivity index (χ0n) is 9.21. The Kier molecular flexibility index (Phi) is 3.51. The summed E-state index contributed by atoms with van der Waals surface area (Å²) < 4.78 is 0. The first-order valence-electron chi connectivity index (χ1n) is 5.21. The molecule has 0 saturated carbocycles. The molecule has 0 unspecified atom stereocenters. The fourth-order valence-corrected chi connectivity index (χ4v) is 1.77. The number of hydrogen-bond donors (Lipinski definition) is 0. The Morgan fingerprint density at radius 3 is 2.15 bits per heavy atom. The van der Waals surface area contributed by atoms with E-state index in [-0.39, 0.29) is 5.54 Å². The van der Waals surface area contributed by atoms with Crippen LogP contribution in [0, 0.1) is 0 Å². The molecule has 0 amide bonds. The lowest BCUT2D eigenvalue weighted by atomic mass is 10.0. The first-order valence-corrected chi connectivity index (χ1v) is 5.21. The fourth-order valence-electron chi connectivity index (χ4n) is 1.77. The maximum Gasteiger partial charge on any atom is 0.0333 e. The summed E-state index contributed by atoms with van der Waals surface area (Å²) in [5.74, 6) is 0. The van der Waals surface area contributed by atoms with Crippen LogP contribution >= 0.6 is 0 Å². The van der Waals surface area contributed by atoms with Crippen LogP contribution in [-0.2, 0) is 0 Å². The Balaban J connectivity index is 2.45. The molecule has 2 heteroatoms. The first kappa shape index (κ1) is 10.7. The van der Waals surface area contributed by atoms with Gasteiger partial charge in [-0.05, 0) is 20.4 Å². The molecule has 1 saturated heterocycles. The predicted octanol–water partition coefficient (Wildman–Crippen LogP) is 1.59. The molecule has 76 valence electrons. The zero-order chi connectivity index (χ0) is 9.90. The average Bonchev–Trinajstić information content (AvgIpc) is 2.18. The van der Waals surface area contributed by atoms with Crippen LogP contribution in [0.4, 0.5) is 0 Å². The Morgan fingerprint density at radius 1 is 1.23 bits per heavy atom. The van der Waals surface area contributed by atoms with E-state index in [0.717, 1.165) is 0 Å². The largest absolute Gasteiger partial charge is 0.301 e. The monoisotopic (exact) mass is 182 g/mol. The lowest BCUT2D eigenvalue weighted by molar-refractivity contribution is 0.0796. The van der Waals surface area contributed by atoms with Crippen molar-refractivity contribution in [1.82, 2.24) is 9.80 Å². The number of piperazine rings is 1. The van der Waals surface area contributed by atoms with Gasteiger partial charge in [-0.1, -0.05) is 13.0 Å². The molecule has 0 bridgehead atoms. The van der Waals surface area contributed by atoms with Crippen molar-refractivity contribution in [2.45, 2.75) is 26.3 Å².